The van der Waals surface area contributed by atoms with Gasteiger partial charge in [-0.15, -0.1) is 11.8 Å². The molecule has 1 aromatic carbocycles. The number of hydrogen-bond donors (Lipinski definition) is 0. The Kier molecular flexibility index (Phi) is 5.28. The number of carbonyl (C=O) groups is 4. The first-order chi connectivity index (χ1) is 11.1. The number of thioether (sulfide) groups is 1. The number of anilines is 1. The van der Waals surface area contributed by atoms with Gasteiger partial charge in [0.25, 0.3) is 0 Å². The van der Waals surface area contributed by atoms with Crippen LogP contribution in [0.4, 0.5) is 5.69 Å². The topological polar surface area (TPSA) is 71.5 Å². The highest BCUT2D eigenvalue weighted by molar-refractivity contribution is 8.01. The Morgan fingerprint density at radius 2 is 1.92 bits per heavy atom. The van der Waals surface area contributed by atoms with Gasteiger partial charge >= 0.3 is 0 Å². The summed E-state index contributed by atoms with van der Waals surface area (Å²) in [5.74, 6) is -0.509. The van der Waals surface area contributed by atoms with Crippen molar-refractivity contribution in [1.82, 2.24) is 0 Å². The van der Waals surface area contributed by atoms with Crippen LogP contribution in [0.25, 0.3) is 0 Å². The normalized spacial score (nSPS) is 18.2. The largest absolute Gasteiger partial charge is 0.298 e. The number of amides is 2. The smallest absolute Gasteiger partial charge is 0.247 e. The average Bonchev–Trinajstić information content (AvgIpc) is 2.78. The molecule has 0 radical (unpaired) electrons. The quantitative estimate of drug-likeness (QED) is 0.605. The van der Waals surface area contributed by atoms with Crippen LogP contribution < -0.4 is 4.90 Å². The van der Waals surface area contributed by atoms with Crippen LogP contribution in [0.5, 0.6) is 0 Å². The highest BCUT2D eigenvalue weighted by Crippen LogP contribution is 2.31. The maximum Gasteiger partial charge on any atom is 0.247 e. The van der Waals surface area contributed by atoms with Gasteiger partial charge in [-0.3, -0.25) is 19.2 Å². The van der Waals surface area contributed by atoms with Crippen molar-refractivity contribution < 1.29 is 19.2 Å². The SMILES string of the molecule is CC(=O)c1cccc(N2C(=O)CC(SCC(=O)C(C)(C)C)C2=O)c1. The summed E-state index contributed by atoms with van der Waals surface area (Å²) >= 11 is 1.21. The first-order valence-corrected chi connectivity index (χ1v) is 8.79. The number of imide groups is 1. The lowest BCUT2D eigenvalue weighted by atomic mass is 9.92. The molecule has 1 aliphatic heterocycles. The van der Waals surface area contributed by atoms with E-state index in [0.717, 1.165) is 4.90 Å². The molecule has 1 saturated heterocycles. The van der Waals surface area contributed by atoms with E-state index in [4.69, 9.17) is 0 Å². The molecule has 1 heterocycles. The lowest BCUT2D eigenvalue weighted by Gasteiger charge is -2.18. The summed E-state index contributed by atoms with van der Waals surface area (Å²) < 4.78 is 0. The summed E-state index contributed by atoms with van der Waals surface area (Å²) in [6.07, 6.45) is 0.0746. The fourth-order valence-corrected chi connectivity index (χ4v) is 3.56. The molecule has 0 spiro atoms. The molecule has 2 amide bonds. The third kappa shape index (κ3) is 3.93. The Labute approximate surface area is 145 Å². The molecule has 2 rings (SSSR count). The number of ketones is 2. The molecule has 128 valence electrons. The van der Waals surface area contributed by atoms with Gasteiger partial charge in [-0.05, 0) is 19.1 Å². The number of nitrogens with zero attached hydrogens (tertiary/aromatic N) is 1. The molecule has 0 bridgehead atoms. The van der Waals surface area contributed by atoms with Gasteiger partial charge in [0.05, 0.1) is 16.7 Å². The third-order valence-corrected chi connectivity index (χ3v) is 5.07. The van der Waals surface area contributed by atoms with E-state index < -0.39 is 10.7 Å². The Hall–Kier alpha value is -1.95. The summed E-state index contributed by atoms with van der Waals surface area (Å²) in [6, 6.07) is 6.47. The molecule has 0 saturated carbocycles. The first kappa shape index (κ1) is 18.4. The lowest BCUT2D eigenvalue weighted by Crippen LogP contribution is -2.32. The van der Waals surface area contributed by atoms with Crippen LogP contribution >= 0.6 is 11.8 Å². The van der Waals surface area contributed by atoms with E-state index in [2.05, 4.69) is 0 Å². The van der Waals surface area contributed by atoms with E-state index in [-0.39, 0.29) is 35.6 Å². The van der Waals surface area contributed by atoms with E-state index in [1.54, 1.807) is 24.3 Å². The Morgan fingerprint density at radius 3 is 2.50 bits per heavy atom. The molecule has 5 nitrogen and oxygen atoms in total. The predicted octanol–water partition coefficient (Wildman–Crippen LogP) is 2.87. The van der Waals surface area contributed by atoms with E-state index in [9.17, 15) is 19.2 Å². The van der Waals surface area contributed by atoms with Crippen LogP contribution in [0, 0.1) is 5.41 Å². The fourth-order valence-electron chi connectivity index (χ4n) is 2.26. The van der Waals surface area contributed by atoms with Crippen molar-refractivity contribution in [2.45, 2.75) is 39.4 Å². The Balaban J connectivity index is 2.13. The highest BCUT2D eigenvalue weighted by atomic mass is 32.2. The number of Topliss-reactive ketones (excluding diaryl/α,β-unsaturated/α-hetero) is 2. The minimum atomic E-state index is -0.551. The van der Waals surface area contributed by atoms with Gasteiger partial charge in [0.15, 0.2) is 5.78 Å². The molecular formula is C18H21NO4S. The van der Waals surface area contributed by atoms with Crippen molar-refractivity contribution >= 4 is 40.8 Å². The zero-order chi connectivity index (χ0) is 18.1. The molecule has 1 atom stereocenters. The molecular weight excluding hydrogens is 326 g/mol. The van der Waals surface area contributed by atoms with Crippen molar-refractivity contribution in [3.63, 3.8) is 0 Å². The van der Waals surface area contributed by atoms with Crippen molar-refractivity contribution in [2.75, 3.05) is 10.7 Å². The maximum atomic E-state index is 12.5. The van der Waals surface area contributed by atoms with Crippen LogP contribution in [-0.2, 0) is 14.4 Å². The van der Waals surface area contributed by atoms with Crippen molar-refractivity contribution in [3.8, 4) is 0 Å². The molecule has 6 heteroatoms. The fraction of sp³-hybridized carbons (Fsp3) is 0.444. The predicted molar refractivity (Wildman–Crippen MR) is 94.3 cm³/mol. The van der Waals surface area contributed by atoms with Crippen LogP contribution in [0.1, 0.15) is 44.5 Å². The van der Waals surface area contributed by atoms with Gasteiger partial charge in [0.1, 0.15) is 5.78 Å². The second kappa shape index (κ2) is 6.89. The monoisotopic (exact) mass is 347 g/mol. The summed E-state index contributed by atoms with van der Waals surface area (Å²) in [5.41, 5.74) is 0.392. The molecule has 0 aromatic heterocycles. The first-order valence-electron chi connectivity index (χ1n) is 7.74. The Bertz CT molecular complexity index is 705. The molecule has 1 unspecified atom stereocenters. The number of rotatable bonds is 5. The summed E-state index contributed by atoms with van der Waals surface area (Å²) in [6.45, 7) is 6.93. The van der Waals surface area contributed by atoms with E-state index >= 15 is 0 Å². The lowest BCUT2D eigenvalue weighted by molar-refractivity contribution is -0.123. The molecule has 1 aromatic rings. The van der Waals surface area contributed by atoms with E-state index in [1.165, 1.54) is 18.7 Å². The maximum absolute atomic E-state index is 12.5. The summed E-state index contributed by atoms with van der Waals surface area (Å²) in [5, 5.41) is -0.551. The van der Waals surface area contributed by atoms with Crippen LogP contribution in [0.2, 0.25) is 0 Å². The summed E-state index contributed by atoms with van der Waals surface area (Å²) in [4.78, 5) is 49.4. The molecule has 1 fully saturated rings. The molecule has 24 heavy (non-hydrogen) atoms. The zero-order valence-corrected chi connectivity index (χ0v) is 15.1. The number of benzene rings is 1. The van der Waals surface area contributed by atoms with Gasteiger partial charge < -0.3 is 0 Å². The summed E-state index contributed by atoms with van der Waals surface area (Å²) in [7, 11) is 0. The van der Waals surface area contributed by atoms with Gasteiger partial charge in [0, 0.05) is 17.4 Å². The van der Waals surface area contributed by atoms with E-state index in [1.807, 2.05) is 20.8 Å². The standard InChI is InChI=1S/C18H21NO4S/c1-11(20)12-6-5-7-13(8-12)19-16(22)9-14(17(19)23)24-10-15(21)18(2,3)4/h5-8,14H,9-10H2,1-4H3. The molecule has 1 aliphatic rings. The van der Waals surface area contributed by atoms with Crippen molar-refractivity contribution in [1.29, 1.82) is 0 Å². The molecule has 0 aliphatic carbocycles. The second-order valence-corrected chi connectivity index (χ2v) is 8.04. The number of carbonyl (C=O) groups excluding carboxylic acids is 4. The minimum Gasteiger partial charge on any atom is -0.298 e. The van der Waals surface area contributed by atoms with E-state index in [0.29, 0.717) is 11.3 Å². The van der Waals surface area contributed by atoms with Gasteiger partial charge in [-0.25, -0.2) is 4.90 Å². The highest BCUT2D eigenvalue weighted by Gasteiger charge is 2.40. The van der Waals surface area contributed by atoms with Crippen LogP contribution in [-0.4, -0.2) is 34.4 Å². The van der Waals surface area contributed by atoms with Gasteiger partial charge in [-0.2, -0.15) is 0 Å². The van der Waals surface area contributed by atoms with Crippen molar-refractivity contribution in [2.24, 2.45) is 5.41 Å². The number of hydrogen-bond acceptors (Lipinski definition) is 5. The van der Waals surface area contributed by atoms with Crippen molar-refractivity contribution in [3.05, 3.63) is 29.8 Å². The second-order valence-electron chi connectivity index (χ2n) is 6.85. The van der Waals surface area contributed by atoms with Gasteiger partial charge in [0.2, 0.25) is 11.8 Å². The molecule has 0 N–H and O–H groups in total. The minimum absolute atomic E-state index is 0.0461. The Morgan fingerprint density at radius 1 is 1.25 bits per heavy atom. The van der Waals surface area contributed by atoms with Gasteiger partial charge in [-0.1, -0.05) is 32.9 Å². The van der Waals surface area contributed by atoms with Crippen LogP contribution in [0.3, 0.4) is 0 Å². The third-order valence-electron chi connectivity index (χ3n) is 3.87. The van der Waals surface area contributed by atoms with Crippen LogP contribution in [0.15, 0.2) is 24.3 Å². The average molecular weight is 347 g/mol. The zero-order valence-electron chi connectivity index (χ0n) is 14.3.